The fourth-order valence-corrected chi connectivity index (χ4v) is 7.00. The minimum atomic E-state index is -0.433. The smallest absolute Gasteiger partial charge is 0.341 e. The molecule has 0 fully saturated rings. The first-order valence-electron chi connectivity index (χ1n) is 13.0. The second kappa shape index (κ2) is 11.2. The van der Waals surface area contributed by atoms with Crippen molar-refractivity contribution in [2.24, 2.45) is 0 Å². The Morgan fingerprint density at radius 1 is 1.16 bits per heavy atom. The van der Waals surface area contributed by atoms with Gasteiger partial charge in [0, 0.05) is 16.8 Å². The van der Waals surface area contributed by atoms with Gasteiger partial charge in [-0.3, -0.25) is 4.79 Å². The molecule has 194 valence electrons. The third-order valence-corrected chi connectivity index (χ3v) is 9.02. The zero-order valence-corrected chi connectivity index (χ0v) is 23.0. The number of esters is 1. The Labute approximate surface area is 224 Å². The average molecular weight is 538 g/mol. The van der Waals surface area contributed by atoms with Gasteiger partial charge in [0.05, 0.1) is 22.9 Å². The van der Waals surface area contributed by atoms with Gasteiger partial charge in [-0.2, -0.15) is 0 Å². The first-order chi connectivity index (χ1) is 18.0. The molecule has 1 amide bonds. The third-order valence-electron chi connectivity index (χ3n) is 6.60. The summed E-state index contributed by atoms with van der Waals surface area (Å²) in [4.78, 5) is 32.2. The highest BCUT2D eigenvalue weighted by molar-refractivity contribution is 8.00. The minimum absolute atomic E-state index is 0.172. The van der Waals surface area contributed by atoms with E-state index in [1.807, 2.05) is 25.1 Å². The summed E-state index contributed by atoms with van der Waals surface area (Å²) in [5, 5.41) is 13.6. The second-order valence-corrected chi connectivity index (χ2v) is 11.3. The van der Waals surface area contributed by atoms with Crippen molar-refractivity contribution in [3.05, 3.63) is 40.3 Å². The first-order valence-corrected chi connectivity index (χ1v) is 14.7. The molecule has 1 N–H and O–H groups in total. The number of para-hydroxylation sites is 1. The van der Waals surface area contributed by atoms with Gasteiger partial charge in [-0.1, -0.05) is 43.8 Å². The number of thiophene rings is 1. The van der Waals surface area contributed by atoms with Crippen LogP contribution in [0, 0.1) is 0 Å². The van der Waals surface area contributed by atoms with Crippen molar-refractivity contribution in [1.29, 1.82) is 0 Å². The van der Waals surface area contributed by atoms with Gasteiger partial charge in [0.15, 0.2) is 5.65 Å². The number of thioether (sulfide) groups is 1. The summed E-state index contributed by atoms with van der Waals surface area (Å²) in [5.74, 6) is -0.533. The molecule has 3 heterocycles. The Bertz CT molecular complexity index is 1460. The van der Waals surface area contributed by atoms with E-state index in [4.69, 9.17) is 9.72 Å². The highest BCUT2D eigenvalue weighted by atomic mass is 32.2. The number of benzene rings is 1. The zero-order chi connectivity index (χ0) is 25.9. The molecule has 1 aliphatic carbocycles. The normalized spacial score (nSPS) is 14.0. The summed E-state index contributed by atoms with van der Waals surface area (Å²) in [5.41, 5.74) is 4.20. The molecule has 0 bridgehead atoms. The quantitative estimate of drug-likeness (QED) is 0.206. The van der Waals surface area contributed by atoms with Gasteiger partial charge < -0.3 is 14.6 Å². The maximum atomic E-state index is 13.4. The Morgan fingerprint density at radius 2 is 1.97 bits per heavy atom. The number of amides is 1. The van der Waals surface area contributed by atoms with E-state index >= 15 is 0 Å². The minimum Gasteiger partial charge on any atom is -0.462 e. The molecule has 1 unspecified atom stereocenters. The van der Waals surface area contributed by atoms with Crippen LogP contribution in [0.25, 0.3) is 22.1 Å². The zero-order valence-electron chi connectivity index (χ0n) is 21.4. The lowest BCUT2D eigenvalue weighted by Crippen LogP contribution is -2.25. The number of hydrogen-bond acceptors (Lipinski definition) is 8. The van der Waals surface area contributed by atoms with Crippen molar-refractivity contribution in [2.75, 3.05) is 11.9 Å². The molecule has 0 radical (unpaired) electrons. The molecule has 0 saturated carbocycles. The van der Waals surface area contributed by atoms with Crippen LogP contribution in [0.1, 0.15) is 67.3 Å². The molecule has 0 aliphatic heterocycles. The number of ether oxygens (including phenoxy) is 1. The molecule has 0 saturated heterocycles. The van der Waals surface area contributed by atoms with Crippen molar-refractivity contribution in [2.45, 2.75) is 76.2 Å². The summed E-state index contributed by atoms with van der Waals surface area (Å²) in [6, 6.07) is 8.12. The number of hydrogen-bond donors (Lipinski definition) is 1. The van der Waals surface area contributed by atoms with Crippen LogP contribution >= 0.6 is 23.1 Å². The maximum Gasteiger partial charge on any atom is 0.341 e. The number of aryl methyl sites for hydroxylation is 2. The van der Waals surface area contributed by atoms with Gasteiger partial charge in [-0.15, -0.1) is 21.5 Å². The van der Waals surface area contributed by atoms with Gasteiger partial charge in [0.2, 0.25) is 11.1 Å². The monoisotopic (exact) mass is 537 g/mol. The highest BCUT2D eigenvalue weighted by Crippen LogP contribution is 2.39. The lowest BCUT2D eigenvalue weighted by Gasteiger charge is -2.14. The van der Waals surface area contributed by atoms with Crippen molar-refractivity contribution in [3.63, 3.8) is 0 Å². The second-order valence-electron chi connectivity index (χ2n) is 9.07. The molecule has 8 nitrogen and oxygen atoms in total. The molecule has 4 aromatic rings. The third kappa shape index (κ3) is 4.96. The molecule has 10 heteroatoms. The predicted molar refractivity (Wildman–Crippen MR) is 149 cm³/mol. The fourth-order valence-electron chi connectivity index (χ4n) is 4.90. The predicted octanol–water partition coefficient (Wildman–Crippen LogP) is 6.02. The standard InChI is InChI=1S/C27H31N5O3S2/c1-4-15-32-18-13-9-7-11-16(18)22-23(32)28-27(31-30-22)37-19(5-2)24(33)29-25-21(26(34)35-6-3)17-12-8-10-14-20(17)36-25/h7,9,11,13,19H,4-6,8,10,12,14-15H2,1-3H3,(H,29,33). The number of fused-ring (bicyclic) bond motifs is 4. The number of aromatic nitrogens is 4. The van der Waals surface area contributed by atoms with Crippen molar-refractivity contribution in [1.82, 2.24) is 19.7 Å². The Kier molecular flexibility index (Phi) is 7.76. The molecule has 1 aliphatic rings. The molecule has 3 aromatic heterocycles. The van der Waals surface area contributed by atoms with Crippen molar-refractivity contribution in [3.8, 4) is 0 Å². The van der Waals surface area contributed by atoms with E-state index in [0.29, 0.717) is 28.7 Å². The SMILES string of the molecule is CCCn1c2ccccc2c2nnc(SC(CC)C(=O)Nc3sc4c(c3C(=O)OCC)CCCC4)nc21. The fraction of sp³-hybridized carbons (Fsp3) is 0.444. The summed E-state index contributed by atoms with van der Waals surface area (Å²) in [7, 11) is 0. The van der Waals surface area contributed by atoms with E-state index in [1.165, 1.54) is 28.0 Å². The van der Waals surface area contributed by atoms with E-state index in [9.17, 15) is 9.59 Å². The lowest BCUT2D eigenvalue weighted by atomic mass is 9.95. The van der Waals surface area contributed by atoms with E-state index < -0.39 is 5.25 Å². The van der Waals surface area contributed by atoms with Gasteiger partial charge in [0.1, 0.15) is 10.5 Å². The molecular weight excluding hydrogens is 506 g/mol. The Morgan fingerprint density at radius 3 is 2.76 bits per heavy atom. The Hall–Kier alpha value is -2.98. The maximum absolute atomic E-state index is 13.4. The van der Waals surface area contributed by atoms with Crippen LogP contribution < -0.4 is 5.32 Å². The summed E-state index contributed by atoms with van der Waals surface area (Å²) in [6.45, 7) is 7.01. The summed E-state index contributed by atoms with van der Waals surface area (Å²) >= 11 is 2.81. The van der Waals surface area contributed by atoms with Gasteiger partial charge >= 0.3 is 5.97 Å². The lowest BCUT2D eigenvalue weighted by molar-refractivity contribution is -0.115. The van der Waals surface area contributed by atoms with Crippen molar-refractivity contribution < 1.29 is 14.3 Å². The van der Waals surface area contributed by atoms with E-state index in [0.717, 1.165) is 66.3 Å². The first kappa shape index (κ1) is 25.7. The van der Waals surface area contributed by atoms with Crippen LogP contribution in [0.3, 0.4) is 0 Å². The largest absolute Gasteiger partial charge is 0.462 e. The summed E-state index contributed by atoms with van der Waals surface area (Å²) in [6.07, 6.45) is 5.45. The van der Waals surface area contributed by atoms with Crippen LogP contribution in [0.4, 0.5) is 5.00 Å². The number of anilines is 1. The van der Waals surface area contributed by atoms with E-state index in [-0.39, 0.29) is 11.9 Å². The summed E-state index contributed by atoms with van der Waals surface area (Å²) < 4.78 is 7.51. The van der Waals surface area contributed by atoms with Gasteiger partial charge in [-0.25, -0.2) is 9.78 Å². The highest BCUT2D eigenvalue weighted by Gasteiger charge is 2.29. The van der Waals surface area contributed by atoms with E-state index in [2.05, 4.69) is 33.1 Å². The van der Waals surface area contributed by atoms with Crippen LogP contribution in [0.2, 0.25) is 0 Å². The number of nitrogens with one attached hydrogen (secondary N) is 1. The number of rotatable bonds is 9. The average Bonchev–Trinajstić information content (AvgIpc) is 3.42. The molecule has 1 aromatic carbocycles. The number of carbonyl (C=O) groups is 2. The van der Waals surface area contributed by atoms with Crippen molar-refractivity contribution >= 4 is 62.0 Å². The van der Waals surface area contributed by atoms with Crippen LogP contribution in [-0.2, 0) is 28.9 Å². The number of carbonyl (C=O) groups excluding carboxylic acids is 2. The van der Waals surface area contributed by atoms with Crippen LogP contribution in [0.15, 0.2) is 29.4 Å². The molecular formula is C27H31N5O3S2. The molecule has 1 atom stereocenters. The molecule has 0 spiro atoms. The number of nitrogens with zero attached hydrogens (tertiary/aromatic N) is 4. The topological polar surface area (TPSA) is 99.0 Å². The van der Waals surface area contributed by atoms with Gasteiger partial charge in [0.25, 0.3) is 0 Å². The molecule has 5 rings (SSSR count). The molecule has 37 heavy (non-hydrogen) atoms. The van der Waals surface area contributed by atoms with E-state index in [1.54, 1.807) is 6.92 Å². The Balaban J connectivity index is 1.42. The van der Waals surface area contributed by atoms with Crippen LogP contribution in [0.5, 0.6) is 0 Å². The van der Waals surface area contributed by atoms with Crippen LogP contribution in [-0.4, -0.2) is 43.5 Å². The van der Waals surface area contributed by atoms with Gasteiger partial charge in [-0.05, 0) is 57.1 Å².